The van der Waals surface area contributed by atoms with Gasteiger partial charge in [-0.3, -0.25) is 9.59 Å². The molecule has 0 heterocycles. The minimum absolute atomic E-state index is 0.0932. The van der Waals surface area contributed by atoms with Gasteiger partial charge in [-0.2, -0.15) is 0 Å². The SMILES string of the molecule is CCCCOC(=O)C1CCCC(C(=O)OC(C)C)C1. The van der Waals surface area contributed by atoms with Crippen molar-refractivity contribution in [2.75, 3.05) is 6.61 Å². The van der Waals surface area contributed by atoms with Crippen molar-refractivity contribution < 1.29 is 19.1 Å². The Kier molecular flexibility index (Phi) is 6.89. The van der Waals surface area contributed by atoms with Gasteiger partial charge >= 0.3 is 11.9 Å². The quantitative estimate of drug-likeness (QED) is 0.550. The van der Waals surface area contributed by atoms with Crippen molar-refractivity contribution in [2.45, 2.75) is 65.4 Å². The van der Waals surface area contributed by atoms with Crippen LogP contribution in [0.1, 0.15) is 59.3 Å². The van der Waals surface area contributed by atoms with Gasteiger partial charge in [0.05, 0.1) is 24.5 Å². The van der Waals surface area contributed by atoms with Crippen LogP contribution in [0, 0.1) is 11.8 Å². The fourth-order valence-corrected chi connectivity index (χ4v) is 2.38. The highest BCUT2D eigenvalue weighted by Gasteiger charge is 2.33. The molecule has 1 fully saturated rings. The summed E-state index contributed by atoms with van der Waals surface area (Å²) in [6, 6.07) is 0. The molecule has 2 unspecified atom stereocenters. The standard InChI is InChI=1S/C15H26O4/c1-4-5-9-18-14(16)12-7-6-8-13(10-12)15(17)19-11(2)3/h11-13H,4-10H2,1-3H3. The highest BCUT2D eigenvalue weighted by molar-refractivity contribution is 5.76. The van der Waals surface area contributed by atoms with Crippen molar-refractivity contribution in [3.05, 3.63) is 0 Å². The summed E-state index contributed by atoms with van der Waals surface area (Å²) in [6.45, 7) is 6.24. The van der Waals surface area contributed by atoms with E-state index in [4.69, 9.17) is 9.47 Å². The molecule has 110 valence electrons. The first kappa shape index (κ1) is 16.0. The fraction of sp³-hybridized carbons (Fsp3) is 0.867. The highest BCUT2D eigenvalue weighted by atomic mass is 16.5. The third-order valence-electron chi connectivity index (χ3n) is 3.43. The normalized spacial score (nSPS) is 23.2. The number of hydrogen-bond acceptors (Lipinski definition) is 4. The molecular formula is C15H26O4. The number of rotatable bonds is 6. The lowest BCUT2D eigenvalue weighted by Gasteiger charge is -2.27. The second kappa shape index (κ2) is 8.18. The molecule has 4 heteroatoms. The molecule has 1 rings (SSSR count). The average molecular weight is 270 g/mol. The Morgan fingerprint density at radius 3 is 2.37 bits per heavy atom. The number of esters is 2. The molecule has 19 heavy (non-hydrogen) atoms. The van der Waals surface area contributed by atoms with Gasteiger partial charge in [-0.05, 0) is 39.5 Å². The molecule has 4 nitrogen and oxygen atoms in total. The fourth-order valence-electron chi connectivity index (χ4n) is 2.38. The van der Waals surface area contributed by atoms with Gasteiger partial charge in [0.15, 0.2) is 0 Å². The minimum Gasteiger partial charge on any atom is -0.465 e. The summed E-state index contributed by atoms with van der Waals surface area (Å²) < 4.78 is 10.5. The molecule has 0 saturated heterocycles. The number of ether oxygens (including phenoxy) is 2. The lowest BCUT2D eigenvalue weighted by molar-refractivity contribution is -0.157. The summed E-state index contributed by atoms with van der Waals surface area (Å²) in [5, 5.41) is 0. The predicted molar refractivity (Wildman–Crippen MR) is 72.5 cm³/mol. The van der Waals surface area contributed by atoms with Crippen molar-refractivity contribution in [1.29, 1.82) is 0 Å². The largest absolute Gasteiger partial charge is 0.465 e. The van der Waals surface area contributed by atoms with Crippen LogP contribution in [0.15, 0.2) is 0 Å². The summed E-state index contributed by atoms with van der Waals surface area (Å²) in [6.07, 6.45) is 4.95. The number of unbranched alkanes of at least 4 members (excludes halogenated alkanes) is 1. The molecule has 1 saturated carbocycles. The van der Waals surface area contributed by atoms with Crippen LogP contribution in [0.5, 0.6) is 0 Å². The van der Waals surface area contributed by atoms with Crippen molar-refractivity contribution in [3.8, 4) is 0 Å². The van der Waals surface area contributed by atoms with Gasteiger partial charge in [0, 0.05) is 0 Å². The Morgan fingerprint density at radius 2 is 1.79 bits per heavy atom. The average Bonchev–Trinajstić information content (AvgIpc) is 2.38. The van der Waals surface area contributed by atoms with E-state index in [1.807, 2.05) is 13.8 Å². The van der Waals surface area contributed by atoms with Crippen molar-refractivity contribution in [1.82, 2.24) is 0 Å². The third-order valence-corrected chi connectivity index (χ3v) is 3.43. The first-order valence-corrected chi connectivity index (χ1v) is 7.41. The molecule has 0 aromatic heterocycles. The topological polar surface area (TPSA) is 52.6 Å². The Hall–Kier alpha value is -1.06. The van der Waals surface area contributed by atoms with Gasteiger partial charge in [-0.25, -0.2) is 0 Å². The molecule has 0 amide bonds. The number of carbonyl (C=O) groups excluding carboxylic acids is 2. The van der Waals surface area contributed by atoms with Crippen LogP contribution < -0.4 is 0 Å². The van der Waals surface area contributed by atoms with E-state index in [0.29, 0.717) is 13.0 Å². The van der Waals surface area contributed by atoms with E-state index in [9.17, 15) is 9.59 Å². The van der Waals surface area contributed by atoms with Crippen molar-refractivity contribution >= 4 is 11.9 Å². The zero-order valence-corrected chi connectivity index (χ0v) is 12.3. The van der Waals surface area contributed by atoms with Gasteiger partial charge in [0.25, 0.3) is 0 Å². The Labute approximate surface area is 115 Å². The zero-order valence-electron chi connectivity index (χ0n) is 12.3. The van der Waals surface area contributed by atoms with Crippen LogP contribution in [-0.4, -0.2) is 24.6 Å². The number of carbonyl (C=O) groups is 2. The van der Waals surface area contributed by atoms with E-state index in [1.165, 1.54) is 0 Å². The summed E-state index contributed by atoms with van der Waals surface area (Å²) >= 11 is 0. The van der Waals surface area contributed by atoms with E-state index in [1.54, 1.807) is 0 Å². The summed E-state index contributed by atoms with van der Waals surface area (Å²) in [5.41, 5.74) is 0. The van der Waals surface area contributed by atoms with Gasteiger partial charge in [0.1, 0.15) is 0 Å². The third kappa shape index (κ3) is 5.62. The predicted octanol–water partition coefficient (Wildman–Crippen LogP) is 3.09. The highest BCUT2D eigenvalue weighted by Crippen LogP contribution is 2.31. The maximum absolute atomic E-state index is 11.9. The maximum atomic E-state index is 11.9. The van der Waals surface area contributed by atoms with E-state index < -0.39 is 0 Å². The molecule has 1 aliphatic carbocycles. The smallest absolute Gasteiger partial charge is 0.309 e. The van der Waals surface area contributed by atoms with Crippen LogP contribution in [-0.2, 0) is 19.1 Å². The molecule has 0 bridgehead atoms. The van der Waals surface area contributed by atoms with Crippen molar-refractivity contribution in [2.24, 2.45) is 11.8 Å². The molecule has 0 radical (unpaired) electrons. The van der Waals surface area contributed by atoms with Crippen LogP contribution in [0.25, 0.3) is 0 Å². The van der Waals surface area contributed by atoms with Crippen LogP contribution in [0.3, 0.4) is 0 Å². The van der Waals surface area contributed by atoms with Crippen LogP contribution >= 0.6 is 0 Å². The van der Waals surface area contributed by atoms with E-state index in [2.05, 4.69) is 6.92 Å². The molecule has 0 N–H and O–H groups in total. The van der Waals surface area contributed by atoms with Gasteiger partial charge in [-0.15, -0.1) is 0 Å². The monoisotopic (exact) mass is 270 g/mol. The second-order valence-electron chi connectivity index (χ2n) is 5.57. The van der Waals surface area contributed by atoms with Gasteiger partial charge < -0.3 is 9.47 Å². The molecule has 0 aromatic carbocycles. The Balaban J connectivity index is 2.40. The first-order chi connectivity index (χ1) is 9.04. The van der Waals surface area contributed by atoms with Crippen LogP contribution in [0.4, 0.5) is 0 Å². The molecule has 2 atom stereocenters. The van der Waals surface area contributed by atoms with Crippen LogP contribution in [0.2, 0.25) is 0 Å². The maximum Gasteiger partial charge on any atom is 0.309 e. The molecule has 1 aliphatic rings. The Bertz CT molecular complexity index is 299. The Morgan fingerprint density at radius 1 is 1.16 bits per heavy atom. The van der Waals surface area contributed by atoms with Gasteiger partial charge in [0.2, 0.25) is 0 Å². The lowest BCUT2D eigenvalue weighted by Crippen LogP contribution is -2.30. The molecule has 0 spiro atoms. The summed E-state index contributed by atoms with van der Waals surface area (Å²) in [7, 11) is 0. The summed E-state index contributed by atoms with van der Waals surface area (Å²) in [4.78, 5) is 23.8. The second-order valence-corrected chi connectivity index (χ2v) is 5.57. The van der Waals surface area contributed by atoms with E-state index in [0.717, 1.165) is 32.1 Å². The molecule has 0 aromatic rings. The lowest BCUT2D eigenvalue weighted by atomic mass is 9.81. The molecular weight excluding hydrogens is 244 g/mol. The minimum atomic E-state index is -0.166. The zero-order chi connectivity index (χ0) is 14.3. The first-order valence-electron chi connectivity index (χ1n) is 7.41. The number of hydrogen-bond donors (Lipinski definition) is 0. The molecule has 0 aliphatic heterocycles. The summed E-state index contributed by atoms with van der Waals surface area (Å²) in [5.74, 6) is -0.577. The van der Waals surface area contributed by atoms with E-state index >= 15 is 0 Å². The van der Waals surface area contributed by atoms with Crippen molar-refractivity contribution in [3.63, 3.8) is 0 Å². The van der Waals surface area contributed by atoms with E-state index in [-0.39, 0.29) is 29.9 Å². The van der Waals surface area contributed by atoms with Gasteiger partial charge in [-0.1, -0.05) is 19.8 Å².